The number of nitrogens with zero attached hydrogens (tertiary/aromatic N) is 2. The van der Waals surface area contributed by atoms with E-state index in [9.17, 15) is 4.79 Å². The second-order valence-corrected chi connectivity index (χ2v) is 3.16. The molecule has 2 amide bonds. The summed E-state index contributed by atoms with van der Waals surface area (Å²) in [6, 6.07) is 3.45. The van der Waals surface area contributed by atoms with E-state index in [-0.39, 0.29) is 6.03 Å². The fraction of sp³-hybridized carbons (Fsp3) is 0.100. The van der Waals surface area contributed by atoms with Gasteiger partial charge in [-0.2, -0.15) is 5.10 Å². The summed E-state index contributed by atoms with van der Waals surface area (Å²) in [5.41, 5.74) is 1.58. The lowest BCUT2D eigenvalue weighted by molar-refractivity contribution is 0.251. The zero-order chi connectivity index (χ0) is 11.2. The number of urea groups is 1. The van der Waals surface area contributed by atoms with Crippen LogP contribution in [-0.4, -0.2) is 21.2 Å². The molecule has 0 aliphatic rings. The molecular weight excluding hydrogens is 206 g/mol. The van der Waals surface area contributed by atoms with Crippen molar-refractivity contribution in [3.8, 4) is 0 Å². The van der Waals surface area contributed by atoms with Crippen LogP contribution < -0.4 is 10.6 Å². The van der Waals surface area contributed by atoms with Crippen molar-refractivity contribution >= 4 is 11.7 Å². The van der Waals surface area contributed by atoms with E-state index < -0.39 is 0 Å². The molecule has 6 nitrogen and oxygen atoms in total. The highest BCUT2D eigenvalue weighted by atomic mass is 16.2. The molecule has 0 radical (unpaired) electrons. The SMILES string of the molecule is O=C(NCc1cccnc1)Nc1cn[nH]c1. The fourth-order valence-electron chi connectivity index (χ4n) is 1.18. The molecule has 0 aliphatic heterocycles. The largest absolute Gasteiger partial charge is 0.334 e. The van der Waals surface area contributed by atoms with Gasteiger partial charge >= 0.3 is 6.03 Å². The van der Waals surface area contributed by atoms with E-state index in [2.05, 4.69) is 25.8 Å². The van der Waals surface area contributed by atoms with E-state index >= 15 is 0 Å². The van der Waals surface area contributed by atoms with Crippen LogP contribution in [0.4, 0.5) is 10.5 Å². The molecule has 2 aromatic heterocycles. The molecule has 0 spiro atoms. The maximum absolute atomic E-state index is 11.4. The highest BCUT2D eigenvalue weighted by molar-refractivity contribution is 5.88. The molecule has 2 rings (SSSR count). The first-order chi connectivity index (χ1) is 7.84. The second kappa shape index (κ2) is 4.92. The van der Waals surface area contributed by atoms with Gasteiger partial charge in [0.1, 0.15) is 0 Å². The summed E-state index contributed by atoms with van der Waals surface area (Å²) in [6.07, 6.45) is 6.53. The quantitative estimate of drug-likeness (QED) is 0.720. The van der Waals surface area contributed by atoms with E-state index in [1.54, 1.807) is 18.6 Å². The number of carbonyl (C=O) groups is 1. The molecule has 0 bridgehead atoms. The molecule has 2 heterocycles. The molecule has 6 heteroatoms. The van der Waals surface area contributed by atoms with E-state index in [0.717, 1.165) is 5.56 Å². The van der Waals surface area contributed by atoms with Crippen LogP contribution in [0, 0.1) is 0 Å². The average molecular weight is 217 g/mol. The molecule has 0 saturated heterocycles. The monoisotopic (exact) mass is 217 g/mol. The third kappa shape index (κ3) is 2.81. The Bertz CT molecular complexity index is 439. The standard InChI is InChI=1S/C10H11N5O/c16-10(15-9-6-13-14-7-9)12-5-8-2-1-3-11-4-8/h1-4,6-7H,5H2,(H,13,14)(H2,12,15,16). The van der Waals surface area contributed by atoms with Gasteiger partial charge in [-0.1, -0.05) is 6.07 Å². The van der Waals surface area contributed by atoms with Crippen molar-refractivity contribution in [3.05, 3.63) is 42.5 Å². The van der Waals surface area contributed by atoms with Crippen LogP contribution in [0.25, 0.3) is 0 Å². The highest BCUT2D eigenvalue weighted by Gasteiger charge is 2.01. The number of aromatic nitrogens is 3. The Kier molecular flexibility index (Phi) is 3.12. The third-order valence-electron chi connectivity index (χ3n) is 1.93. The summed E-state index contributed by atoms with van der Waals surface area (Å²) in [5.74, 6) is 0. The number of anilines is 1. The Morgan fingerprint density at radius 3 is 3.06 bits per heavy atom. The summed E-state index contributed by atoms with van der Waals surface area (Å²) in [5, 5.41) is 11.7. The van der Waals surface area contributed by atoms with Gasteiger partial charge in [-0.15, -0.1) is 0 Å². The number of nitrogens with one attached hydrogen (secondary N) is 3. The summed E-state index contributed by atoms with van der Waals surface area (Å²) < 4.78 is 0. The van der Waals surface area contributed by atoms with Crippen LogP contribution in [0.5, 0.6) is 0 Å². The average Bonchev–Trinajstić information content (AvgIpc) is 2.81. The molecule has 0 fully saturated rings. The normalized spacial score (nSPS) is 9.75. The molecule has 0 atom stereocenters. The number of hydrogen-bond donors (Lipinski definition) is 3. The van der Waals surface area contributed by atoms with Gasteiger partial charge in [-0.05, 0) is 11.6 Å². The number of rotatable bonds is 3. The topological polar surface area (TPSA) is 82.7 Å². The number of carbonyl (C=O) groups excluding carboxylic acids is 1. The molecule has 16 heavy (non-hydrogen) atoms. The van der Waals surface area contributed by atoms with Crippen molar-refractivity contribution in [1.82, 2.24) is 20.5 Å². The third-order valence-corrected chi connectivity index (χ3v) is 1.93. The Hall–Kier alpha value is -2.37. The summed E-state index contributed by atoms with van der Waals surface area (Å²) in [7, 11) is 0. The number of aromatic amines is 1. The lowest BCUT2D eigenvalue weighted by Crippen LogP contribution is -2.27. The van der Waals surface area contributed by atoms with Crippen LogP contribution in [0.3, 0.4) is 0 Å². The first kappa shape index (κ1) is 10.2. The Morgan fingerprint density at radius 2 is 2.38 bits per heavy atom. The van der Waals surface area contributed by atoms with E-state index in [1.165, 1.54) is 6.20 Å². The highest BCUT2D eigenvalue weighted by Crippen LogP contribution is 2.00. The number of amides is 2. The molecule has 3 N–H and O–H groups in total. The first-order valence-electron chi connectivity index (χ1n) is 4.77. The zero-order valence-corrected chi connectivity index (χ0v) is 8.47. The minimum absolute atomic E-state index is 0.273. The lowest BCUT2D eigenvalue weighted by Gasteiger charge is -2.05. The van der Waals surface area contributed by atoms with Gasteiger partial charge in [-0.3, -0.25) is 10.1 Å². The molecule has 0 saturated carbocycles. The van der Waals surface area contributed by atoms with Gasteiger partial charge < -0.3 is 10.6 Å². The number of hydrogen-bond acceptors (Lipinski definition) is 3. The number of pyridine rings is 1. The summed E-state index contributed by atoms with van der Waals surface area (Å²) in [6.45, 7) is 0.442. The van der Waals surface area contributed by atoms with Crippen molar-refractivity contribution in [1.29, 1.82) is 0 Å². The predicted octanol–water partition coefficient (Wildman–Crippen LogP) is 1.13. The first-order valence-corrected chi connectivity index (χ1v) is 4.77. The molecule has 82 valence electrons. The van der Waals surface area contributed by atoms with E-state index in [1.807, 2.05) is 12.1 Å². The smallest absolute Gasteiger partial charge is 0.319 e. The van der Waals surface area contributed by atoms with Crippen molar-refractivity contribution in [2.24, 2.45) is 0 Å². The summed E-state index contributed by atoms with van der Waals surface area (Å²) >= 11 is 0. The fourth-order valence-corrected chi connectivity index (χ4v) is 1.18. The van der Waals surface area contributed by atoms with Gasteiger partial charge in [0, 0.05) is 25.1 Å². The van der Waals surface area contributed by atoms with E-state index in [4.69, 9.17) is 0 Å². The maximum atomic E-state index is 11.4. The van der Waals surface area contributed by atoms with Crippen LogP contribution in [-0.2, 0) is 6.54 Å². The van der Waals surface area contributed by atoms with Crippen molar-refractivity contribution < 1.29 is 4.79 Å². The van der Waals surface area contributed by atoms with Crippen LogP contribution in [0.1, 0.15) is 5.56 Å². The van der Waals surface area contributed by atoms with Crippen molar-refractivity contribution in [2.75, 3.05) is 5.32 Å². The molecule has 2 aromatic rings. The predicted molar refractivity (Wildman–Crippen MR) is 58.7 cm³/mol. The Labute approximate surface area is 92.1 Å². The van der Waals surface area contributed by atoms with Crippen LogP contribution >= 0.6 is 0 Å². The number of H-pyrrole nitrogens is 1. The van der Waals surface area contributed by atoms with Crippen LogP contribution in [0.2, 0.25) is 0 Å². The zero-order valence-electron chi connectivity index (χ0n) is 8.47. The summed E-state index contributed by atoms with van der Waals surface area (Å²) in [4.78, 5) is 15.4. The van der Waals surface area contributed by atoms with Crippen LogP contribution in [0.15, 0.2) is 36.9 Å². The van der Waals surface area contributed by atoms with Gasteiger partial charge in [0.05, 0.1) is 11.9 Å². The van der Waals surface area contributed by atoms with Crippen molar-refractivity contribution in [3.63, 3.8) is 0 Å². The Morgan fingerprint density at radius 1 is 1.44 bits per heavy atom. The van der Waals surface area contributed by atoms with Gasteiger partial charge in [0.2, 0.25) is 0 Å². The molecule has 0 unspecified atom stereocenters. The van der Waals surface area contributed by atoms with Gasteiger partial charge in [-0.25, -0.2) is 4.79 Å². The van der Waals surface area contributed by atoms with Crippen molar-refractivity contribution in [2.45, 2.75) is 6.54 Å². The minimum atomic E-state index is -0.273. The molecular formula is C10H11N5O. The van der Waals surface area contributed by atoms with E-state index in [0.29, 0.717) is 12.2 Å². The molecule has 0 aliphatic carbocycles. The van der Waals surface area contributed by atoms with Gasteiger partial charge in [0.25, 0.3) is 0 Å². The molecule has 0 aromatic carbocycles. The second-order valence-electron chi connectivity index (χ2n) is 3.16. The maximum Gasteiger partial charge on any atom is 0.319 e. The minimum Gasteiger partial charge on any atom is -0.334 e. The Balaban J connectivity index is 1.80. The lowest BCUT2D eigenvalue weighted by atomic mass is 10.3. The van der Waals surface area contributed by atoms with Gasteiger partial charge in [0.15, 0.2) is 0 Å².